The van der Waals surface area contributed by atoms with E-state index >= 15 is 0 Å². The van der Waals surface area contributed by atoms with Gasteiger partial charge in [-0.25, -0.2) is 0 Å². The molecule has 0 aliphatic carbocycles. The van der Waals surface area contributed by atoms with Gasteiger partial charge in [0.2, 0.25) is 0 Å². The average molecular weight is 403 g/mol. The van der Waals surface area contributed by atoms with E-state index in [2.05, 4.69) is 27.9 Å². The largest absolute Gasteiger partial charge is 0.486 e. The minimum Gasteiger partial charge on any atom is -0.486 e. The molecule has 3 rings (SSSR count). The highest BCUT2D eigenvalue weighted by atomic mass is 127. The molecule has 4 nitrogen and oxygen atoms in total. The van der Waals surface area contributed by atoms with Gasteiger partial charge in [0.05, 0.1) is 17.1 Å². The van der Waals surface area contributed by atoms with Gasteiger partial charge in [-0.2, -0.15) is 0 Å². The van der Waals surface area contributed by atoms with Gasteiger partial charge in [0, 0.05) is 20.7 Å². The molecule has 0 fully saturated rings. The standard InChI is InChI=1S/C14H12ClIN2O2/c15-8-1-2-11(9(16)5-8)18-12-7-14-13(6-10(12)17)19-3-4-20-14/h1-2,5-7,18H,3-4,17H2. The molecule has 0 aromatic heterocycles. The van der Waals surface area contributed by atoms with Crippen molar-refractivity contribution in [3.05, 3.63) is 38.9 Å². The van der Waals surface area contributed by atoms with Gasteiger partial charge in [0.25, 0.3) is 0 Å². The van der Waals surface area contributed by atoms with E-state index in [4.69, 9.17) is 26.8 Å². The number of hydrogen-bond donors (Lipinski definition) is 2. The zero-order valence-electron chi connectivity index (χ0n) is 10.5. The summed E-state index contributed by atoms with van der Waals surface area (Å²) in [7, 11) is 0. The van der Waals surface area contributed by atoms with Crippen LogP contribution in [0, 0.1) is 3.57 Å². The van der Waals surface area contributed by atoms with Crippen molar-refractivity contribution in [1.29, 1.82) is 0 Å². The molecule has 0 radical (unpaired) electrons. The molecule has 0 unspecified atom stereocenters. The number of nitrogen functional groups attached to an aromatic ring is 1. The van der Waals surface area contributed by atoms with Crippen molar-refractivity contribution in [2.75, 3.05) is 24.3 Å². The lowest BCUT2D eigenvalue weighted by Crippen LogP contribution is -2.15. The van der Waals surface area contributed by atoms with Crippen molar-refractivity contribution < 1.29 is 9.47 Å². The lowest BCUT2D eigenvalue weighted by molar-refractivity contribution is 0.172. The lowest BCUT2D eigenvalue weighted by Gasteiger charge is -2.21. The Balaban J connectivity index is 1.94. The Bertz CT molecular complexity index is 664. The van der Waals surface area contributed by atoms with Gasteiger partial charge in [-0.05, 0) is 40.8 Å². The van der Waals surface area contributed by atoms with Crippen molar-refractivity contribution in [2.45, 2.75) is 0 Å². The molecule has 0 bridgehead atoms. The first-order valence-corrected chi connectivity index (χ1v) is 7.50. The van der Waals surface area contributed by atoms with Crippen LogP contribution in [0.4, 0.5) is 17.1 Å². The van der Waals surface area contributed by atoms with E-state index in [0.717, 1.165) is 14.9 Å². The average Bonchev–Trinajstić information content (AvgIpc) is 2.42. The molecule has 1 heterocycles. The van der Waals surface area contributed by atoms with Crippen molar-refractivity contribution in [1.82, 2.24) is 0 Å². The second-order valence-electron chi connectivity index (χ2n) is 4.33. The second kappa shape index (κ2) is 5.57. The summed E-state index contributed by atoms with van der Waals surface area (Å²) < 4.78 is 12.1. The molecular weight excluding hydrogens is 391 g/mol. The van der Waals surface area contributed by atoms with Crippen LogP contribution in [0.5, 0.6) is 11.5 Å². The molecule has 1 aliphatic heterocycles. The molecule has 0 atom stereocenters. The molecule has 0 amide bonds. The SMILES string of the molecule is Nc1cc2c(cc1Nc1ccc(Cl)cc1I)OCCO2. The zero-order chi connectivity index (χ0) is 14.1. The minimum atomic E-state index is 0.550. The van der Waals surface area contributed by atoms with E-state index in [-0.39, 0.29) is 0 Å². The van der Waals surface area contributed by atoms with Crippen LogP contribution in [0.15, 0.2) is 30.3 Å². The molecule has 3 N–H and O–H groups in total. The number of nitrogens with two attached hydrogens (primary N) is 1. The van der Waals surface area contributed by atoms with Crippen LogP contribution in [0.25, 0.3) is 0 Å². The Kier molecular flexibility index (Phi) is 3.80. The van der Waals surface area contributed by atoms with Crippen LogP contribution in [0.3, 0.4) is 0 Å². The topological polar surface area (TPSA) is 56.5 Å². The van der Waals surface area contributed by atoms with Gasteiger partial charge in [0.15, 0.2) is 11.5 Å². The van der Waals surface area contributed by atoms with Crippen LogP contribution in [0.2, 0.25) is 5.02 Å². The summed E-state index contributed by atoms with van der Waals surface area (Å²) in [5.74, 6) is 1.39. The molecule has 6 heteroatoms. The molecule has 1 aliphatic rings. The normalized spacial score (nSPS) is 13.1. The maximum absolute atomic E-state index is 6.05. The number of hydrogen-bond acceptors (Lipinski definition) is 4. The van der Waals surface area contributed by atoms with E-state index in [1.165, 1.54) is 0 Å². The predicted octanol–water partition coefficient (Wildman–Crippen LogP) is 4.04. The monoisotopic (exact) mass is 402 g/mol. The number of fused-ring (bicyclic) bond motifs is 1. The zero-order valence-corrected chi connectivity index (χ0v) is 13.4. The maximum atomic E-state index is 6.05. The summed E-state index contributed by atoms with van der Waals surface area (Å²) in [6.07, 6.45) is 0. The third-order valence-electron chi connectivity index (χ3n) is 2.91. The number of rotatable bonds is 2. The third kappa shape index (κ3) is 2.73. The Morgan fingerprint density at radius 2 is 1.75 bits per heavy atom. The van der Waals surface area contributed by atoms with Crippen molar-refractivity contribution in [3.8, 4) is 11.5 Å². The fourth-order valence-electron chi connectivity index (χ4n) is 1.95. The molecule has 104 valence electrons. The Labute approximate surface area is 135 Å². The molecule has 0 saturated carbocycles. The number of nitrogens with one attached hydrogen (secondary N) is 1. The Morgan fingerprint density at radius 1 is 1.05 bits per heavy atom. The summed E-state index contributed by atoms with van der Waals surface area (Å²) in [5.41, 5.74) is 8.39. The number of ether oxygens (including phenoxy) is 2. The highest BCUT2D eigenvalue weighted by molar-refractivity contribution is 14.1. The van der Waals surface area contributed by atoms with Gasteiger partial charge in [0.1, 0.15) is 13.2 Å². The molecule has 2 aromatic rings. The Hall–Kier alpha value is -1.34. The van der Waals surface area contributed by atoms with Gasteiger partial charge in [-0.1, -0.05) is 11.6 Å². The molecule has 2 aromatic carbocycles. The summed E-state index contributed by atoms with van der Waals surface area (Å²) in [6, 6.07) is 9.27. The van der Waals surface area contributed by atoms with Gasteiger partial charge in [-0.15, -0.1) is 0 Å². The highest BCUT2D eigenvalue weighted by Crippen LogP contribution is 2.38. The maximum Gasteiger partial charge on any atom is 0.163 e. The molecule has 20 heavy (non-hydrogen) atoms. The molecule has 0 saturated heterocycles. The number of anilines is 3. The predicted molar refractivity (Wildman–Crippen MR) is 89.3 cm³/mol. The first kappa shape index (κ1) is 13.6. The Morgan fingerprint density at radius 3 is 2.45 bits per heavy atom. The fourth-order valence-corrected chi connectivity index (χ4v) is 2.96. The van der Waals surface area contributed by atoms with Crippen LogP contribution in [0.1, 0.15) is 0 Å². The van der Waals surface area contributed by atoms with Crippen molar-refractivity contribution >= 4 is 51.3 Å². The molecular formula is C14H12ClIN2O2. The van der Waals surface area contributed by atoms with Gasteiger partial charge < -0.3 is 20.5 Å². The number of halogens is 2. The summed E-state index contributed by atoms with van der Waals surface area (Å²) in [6.45, 7) is 1.10. The van der Waals surface area contributed by atoms with Crippen LogP contribution >= 0.6 is 34.2 Å². The van der Waals surface area contributed by atoms with Crippen LogP contribution in [-0.2, 0) is 0 Å². The van der Waals surface area contributed by atoms with Crippen molar-refractivity contribution in [3.63, 3.8) is 0 Å². The summed E-state index contributed by atoms with van der Waals surface area (Å²) in [4.78, 5) is 0. The third-order valence-corrected chi connectivity index (χ3v) is 4.04. The van der Waals surface area contributed by atoms with E-state index in [1.807, 2.05) is 24.3 Å². The summed E-state index contributed by atoms with van der Waals surface area (Å²) >= 11 is 8.18. The van der Waals surface area contributed by atoms with Gasteiger partial charge in [-0.3, -0.25) is 0 Å². The quantitative estimate of drug-likeness (QED) is 0.588. The first-order valence-electron chi connectivity index (χ1n) is 6.04. The number of benzene rings is 2. The molecule has 0 spiro atoms. The smallest absolute Gasteiger partial charge is 0.163 e. The lowest BCUT2D eigenvalue weighted by atomic mass is 10.2. The fraction of sp³-hybridized carbons (Fsp3) is 0.143. The van der Waals surface area contributed by atoms with E-state index in [1.54, 1.807) is 6.07 Å². The minimum absolute atomic E-state index is 0.550. The van der Waals surface area contributed by atoms with Crippen LogP contribution in [-0.4, -0.2) is 13.2 Å². The van der Waals surface area contributed by atoms with E-state index in [0.29, 0.717) is 35.4 Å². The second-order valence-corrected chi connectivity index (χ2v) is 5.93. The first-order chi connectivity index (χ1) is 9.63. The van der Waals surface area contributed by atoms with Crippen molar-refractivity contribution in [2.24, 2.45) is 0 Å². The van der Waals surface area contributed by atoms with E-state index < -0.39 is 0 Å². The van der Waals surface area contributed by atoms with E-state index in [9.17, 15) is 0 Å². The highest BCUT2D eigenvalue weighted by Gasteiger charge is 2.15. The van der Waals surface area contributed by atoms with Crippen LogP contribution < -0.4 is 20.5 Å². The summed E-state index contributed by atoms with van der Waals surface area (Å²) in [5, 5.41) is 3.99. The van der Waals surface area contributed by atoms with Gasteiger partial charge >= 0.3 is 0 Å².